The highest BCUT2D eigenvalue weighted by Gasteiger charge is 2.30. The van der Waals surface area contributed by atoms with Crippen LogP contribution in [0.15, 0.2) is 78.1 Å². The first-order chi connectivity index (χ1) is 17.3. The minimum atomic E-state index is -0.330. The number of fused-ring (bicyclic) bond motifs is 1. The highest BCUT2D eigenvalue weighted by atomic mass is 16.5. The van der Waals surface area contributed by atoms with Gasteiger partial charge < -0.3 is 20.7 Å². The van der Waals surface area contributed by atoms with Gasteiger partial charge in [-0.05, 0) is 29.2 Å². The molecule has 7 nitrogen and oxygen atoms in total. The second kappa shape index (κ2) is 10.5. The van der Waals surface area contributed by atoms with E-state index in [1.54, 1.807) is 50.4 Å². The zero-order valence-corrected chi connectivity index (χ0v) is 20.6. The number of ketones is 2. The first-order valence-corrected chi connectivity index (χ1v) is 11.7. The molecule has 1 aliphatic carbocycles. The number of hydrogen-bond acceptors (Lipinski definition) is 6. The van der Waals surface area contributed by atoms with Gasteiger partial charge in [-0.25, -0.2) is 0 Å². The summed E-state index contributed by atoms with van der Waals surface area (Å²) in [4.78, 5) is 38.9. The fraction of sp³-hybridized carbons (Fsp3) is 0.207. The molecule has 3 aromatic rings. The van der Waals surface area contributed by atoms with Crippen LogP contribution in [0.5, 0.6) is 5.75 Å². The zero-order valence-electron chi connectivity index (χ0n) is 20.6. The van der Waals surface area contributed by atoms with Crippen LogP contribution in [0.3, 0.4) is 0 Å². The molecule has 0 aromatic heterocycles. The number of nitrogens with zero attached hydrogens (tertiary/aromatic N) is 1. The van der Waals surface area contributed by atoms with Crippen molar-refractivity contribution in [2.75, 3.05) is 27.7 Å². The Hall–Kier alpha value is -4.39. The Labute approximate surface area is 210 Å². The number of nitrogens with two attached hydrogens (primary N) is 1. The van der Waals surface area contributed by atoms with Gasteiger partial charge in [0.15, 0.2) is 0 Å². The smallest absolute Gasteiger partial charge is 0.226 e. The van der Waals surface area contributed by atoms with Crippen molar-refractivity contribution in [1.29, 1.82) is 0 Å². The second-order valence-electron chi connectivity index (χ2n) is 8.87. The van der Waals surface area contributed by atoms with Crippen LogP contribution in [-0.4, -0.2) is 50.1 Å². The van der Waals surface area contributed by atoms with E-state index in [2.05, 4.69) is 5.32 Å². The van der Waals surface area contributed by atoms with E-state index in [0.29, 0.717) is 36.3 Å². The summed E-state index contributed by atoms with van der Waals surface area (Å²) in [6.45, 7) is 0.453. The van der Waals surface area contributed by atoms with Gasteiger partial charge in [0.1, 0.15) is 17.1 Å². The Kier molecular flexibility index (Phi) is 7.20. The van der Waals surface area contributed by atoms with E-state index >= 15 is 0 Å². The highest BCUT2D eigenvalue weighted by molar-refractivity contribution is 6.26. The van der Waals surface area contributed by atoms with Gasteiger partial charge in [-0.1, -0.05) is 60.7 Å². The largest absolute Gasteiger partial charge is 0.496 e. The molecular weight excluding hydrogens is 454 g/mol. The third kappa shape index (κ3) is 5.00. The Morgan fingerprint density at radius 3 is 2.17 bits per heavy atom. The van der Waals surface area contributed by atoms with Crippen LogP contribution < -0.4 is 15.8 Å². The number of rotatable bonds is 8. The van der Waals surface area contributed by atoms with Crippen LogP contribution in [0, 0.1) is 0 Å². The molecule has 4 rings (SSSR count). The number of likely N-dealkylation sites (N-methyl/N-ethyl adjacent to an activating group) is 1. The summed E-state index contributed by atoms with van der Waals surface area (Å²) in [5.41, 5.74) is 10.7. The summed E-state index contributed by atoms with van der Waals surface area (Å²) < 4.78 is 5.59. The lowest BCUT2D eigenvalue weighted by Crippen LogP contribution is -2.34. The van der Waals surface area contributed by atoms with Crippen LogP contribution in [-0.2, 0) is 17.6 Å². The van der Waals surface area contributed by atoms with E-state index in [4.69, 9.17) is 10.5 Å². The van der Waals surface area contributed by atoms with Crippen molar-refractivity contribution in [2.45, 2.75) is 12.8 Å². The number of nitrogens with one attached hydrogen (secondary N) is 1. The number of hydrogen-bond donors (Lipinski definition) is 2. The summed E-state index contributed by atoms with van der Waals surface area (Å²) in [7, 11) is 5.09. The maximum Gasteiger partial charge on any atom is 0.226 e. The summed E-state index contributed by atoms with van der Waals surface area (Å²) in [6.07, 6.45) is 0.957. The van der Waals surface area contributed by atoms with E-state index in [1.165, 1.54) is 0 Å². The van der Waals surface area contributed by atoms with Gasteiger partial charge in [-0.15, -0.1) is 0 Å². The monoisotopic (exact) mass is 483 g/mol. The van der Waals surface area contributed by atoms with Gasteiger partial charge in [0.05, 0.1) is 13.5 Å². The molecule has 0 atom stereocenters. The first kappa shape index (κ1) is 24.7. The van der Waals surface area contributed by atoms with Crippen LogP contribution in [0.4, 0.5) is 0 Å². The van der Waals surface area contributed by atoms with Crippen molar-refractivity contribution in [3.8, 4) is 16.9 Å². The van der Waals surface area contributed by atoms with Crippen molar-refractivity contribution in [3.63, 3.8) is 0 Å². The van der Waals surface area contributed by atoms with Crippen molar-refractivity contribution in [2.24, 2.45) is 5.73 Å². The van der Waals surface area contributed by atoms with Gasteiger partial charge in [0, 0.05) is 37.3 Å². The molecule has 0 heterocycles. The molecule has 3 N–H and O–H groups in total. The van der Waals surface area contributed by atoms with Crippen molar-refractivity contribution in [3.05, 3.63) is 100 Å². The van der Waals surface area contributed by atoms with Gasteiger partial charge in [-0.3, -0.25) is 14.4 Å². The molecule has 0 saturated heterocycles. The molecule has 36 heavy (non-hydrogen) atoms. The van der Waals surface area contributed by atoms with Gasteiger partial charge in [-0.2, -0.15) is 0 Å². The van der Waals surface area contributed by atoms with Crippen molar-refractivity contribution in [1.82, 2.24) is 10.2 Å². The minimum Gasteiger partial charge on any atom is -0.496 e. The van der Waals surface area contributed by atoms with E-state index in [1.807, 2.05) is 42.5 Å². The third-order valence-corrected chi connectivity index (χ3v) is 6.26. The zero-order chi connectivity index (χ0) is 25.8. The lowest BCUT2D eigenvalue weighted by atomic mass is 9.90. The molecule has 7 heteroatoms. The Morgan fingerprint density at radius 1 is 0.889 bits per heavy atom. The summed E-state index contributed by atoms with van der Waals surface area (Å²) in [5.74, 6) is 0.143. The van der Waals surface area contributed by atoms with E-state index in [0.717, 1.165) is 22.3 Å². The number of ether oxygens (including phenoxy) is 1. The fourth-order valence-corrected chi connectivity index (χ4v) is 4.17. The standard InChI is InChI=1S/C29H29N3O4/c1-32(2)25(33)17-19-10-13-21(24(16-19)36-3)20-11-8-18(9-12-20)14-15-31-27-26(30)28(34)22-6-4-5-7-23(22)29(27)35/h4-13,16,31H,14-15,17,30H2,1-3H3. The average Bonchev–Trinajstić information content (AvgIpc) is 2.89. The number of benzene rings is 3. The third-order valence-electron chi connectivity index (χ3n) is 6.26. The van der Waals surface area contributed by atoms with Gasteiger partial charge in [0.2, 0.25) is 17.5 Å². The molecule has 0 aliphatic heterocycles. The summed E-state index contributed by atoms with van der Waals surface area (Å²) in [5, 5.41) is 3.07. The summed E-state index contributed by atoms with van der Waals surface area (Å²) in [6, 6.07) is 20.6. The Bertz CT molecular complexity index is 1360. The van der Waals surface area contributed by atoms with Crippen LogP contribution in [0.2, 0.25) is 0 Å². The molecule has 0 bridgehead atoms. The molecule has 1 aliphatic rings. The number of Topliss-reactive ketones (excluding diaryl/α,β-unsaturated/α-hetero) is 2. The molecule has 0 fully saturated rings. The lowest BCUT2D eigenvalue weighted by Gasteiger charge is -2.19. The highest BCUT2D eigenvalue weighted by Crippen LogP contribution is 2.31. The van der Waals surface area contributed by atoms with Crippen LogP contribution in [0.1, 0.15) is 31.8 Å². The number of methoxy groups -OCH3 is 1. The molecule has 184 valence electrons. The Balaban J connectivity index is 1.42. The first-order valence-electron chi connectivity index (χ1n) is 11.7. The van der Waals surface area contributed by atoms with Gasteiger partial charge >= 0.3 is 0 Å². The van der Waals surface area contributed by atoms with Crippen LogP contribution in [0.25, 0.3) is 11.1 Å². The molecule has 0 unspecified atom stereocenters. The molecule has 0 saturated carbocycles. The van der Waals surface area contributed by atoms with Gasteiger partial charge in [0.25, 0.3) is 0 Å². The Morgan fingerprint density at radius 2 is 1.53 bits per heavy atom. The minimum absolute atomic E-state index is 0.0313. The average molecular weight is 484 g/mol. The molecule has 3 aromatic carbocycles. The molecular formula is C29H29N3O4. The molecule has 0 radical (unpaired) electrons. The number of carbonyl (C=O) groups excluding carboxylic acids is 3. The van der Waals surface area contributed by atoms with Crippen molar-refractivity contribution >= 4 is 17.5 Å². The number of carbonyl (C=O) groups is 3. The summed E-state index contributed by atoms with van der Waals surface area (Å²) >= 11 is 0. The number of allylic oxidation sites excluding steroid dienone is 2. The van der Waals surface area contributed by atoms with E-state index < -0.39 is 0 Å². The molecule has 0 spiro atoms. The molecule has 1 amide bonds. The predicted octanol–water partition coefficient (Wildman–Crippen LogP) is 3.37. The van der Waals surface area contributed by atoms with Crippen LogP contribution >= 0.6 is 0 Å². The fourth-order valence-electron chi connectivity index (χ4n) is 4.17. The SMILES string of the molecule is COc1cc(CC(=O)N(C)C)ccc1-c1ccc(CCNC2=C(N)C(=O)c3ccccc3C2=O)cc1. The second-order valence-corrected chi connectivity index (χ2v) is 8.87. The lowest BCUT2D eigenvalue weighted by molar-refractivity contribution is -0.127. The topological polar surface area (TPSA) is 102 Å². The van der Waals surface area contributed by atoms with Crippen molar-refractivity contribution < 1.29 is 19.1 Å². The number of amides is 1. The quantitative estimate of drug-likeness (QED) is 0.509. The van der Waals surface area contributed by atoms with E-state index in [9.17, 15) is 14.4 Å². The maximum absolute atomic E-state index is 12.8. The maximum atomic E-state index is 12.8. The normalized spacial score (nSPS) is 12.9. The predicted molar refractivity (Wildman–Crippen MR) is 139 cm³/mol. The van der Waals surface area contributed by atoms with E-state index in [-0.39, 0.29) is 28.9 Å².